The number of rotatable bonds is 5. The number of benzene rings is 1. The van der Waals surface area contributed by atoms with E-state index >= 15 is 0 Å². The zero-order valence-electron chi connectivity index (χ0n) is 13.0. The van der Waals surface area contributed by atoms with E-state index in [-0.39, 0.29) is 35.0 Å². The second-order valence-electron chi connectivity index (χ2n) is 4.26. The molecule has 0 aliphatic carbocycles. The lowest BCUT2D eigenvalue weighted by molar-refractivity contribution is 0.260. The molecule has 3 rings (SSSR count). The summed E-state index contributed by atoms with van der Waals surface area (Å²) in [5.41, 5.74) is 10.2. The Morgan fingerprint density at radius 2 is 2.08 bits per heavy atom. The predicted molar refractivity (Wildman–Crippen MR) is 87.7 cm³/mol. The van der Waals surface area contributed by atoms with Gasteiger partial charge in [-0.2, -0.15) is 0 Å². The van der Waals surface area contributed by atoms with Gasteiger partial charge in [0.05, 0.1) is 10.2 Å². The van der Waals surface area contributed by atoms with Crippen LogP contribution in [0.25, 0.3) is 17.2 Å². The summed E-state index contributed by atoms with van der Waals surface area (Å²) in [6.45, 7) is 0.425. The second kappa shape index (κ2) is 8.50. The van der Waals surface area contributed by atoms with Crippen molar-refractivity contribution in [2.45, 2.75) is 0 Å². The van der Waals surface area contributed by atoms with Crippen LogP contribution in [0.4, 0.5) is 4.39 Å². The Kier molecular flexibility index (Phi) is 6.38. The second-order valence-corrected chi connectivity index (χ2v) is 5.12. The summed E-state index contributed by atoms with van der Waals surface area (Å²) in [5, 5.41) is 10.9. The van der Waals surface area contributed by atoms with Crippen molar-refractivity contribution in [1.29, 1.82) is 0 Å². The minimum atomic E-state index is -0.786. The number of ether oxygens (including phenoxy) is 1. The van der Waals surface area contributed by atoms with E-state index < -0.39 is 11.6 Å². The molecule has 2 aromatic heterocycles. The van der Waals surface area contributed by atoms with E-state index in [2.05, 4.69) is 46.3 Å². The molecule has 4 N–H and O–H groups in total. The Labute approximate surface area is 148 Å². The average Bonchev–Trinajstić information content (AvgIpc) is 3.23. The molecule has 0 unspecified atom stereocenters. The van der Waals surface area contributed by atoms with Crippen molar-refractivity contribution in [3.8, 4) is 23.1 Å². The van der Waals surface area contributed by atoms with Crippen LogP contribution in [0.5, 0.6) is 5.88 Å². The first-order valence-corrected chi connectivity index (χ1v) is 7.69. The monoisotopic (exact) mass is 416 g/mol. The van der Waals surface area contributed by atoms with Crippen LogP contribution in [0.15, 0.2) is 36.6 Å². The molecule has 0 spiro atoms. The van der Waals surface area contributed by atoms with Gasteiger partial charge in [0.2, 0.25) is 11.5 Å². The van der Waals surface area contributed by atoms with Crippen LogP contribution in [0.3, 0.4) is 0 Å². The first-order valence-electron chi connectivity index (χ1n) is 6.89. The highest BCUT2D eigenvalue weighted by Crippen LogP contribution is 2.27. The molecule has 0 amide bonds. The molecule has 0 bridgehead atoms. The van der Waals surface area contributed by atoms with E-state index in [4.69, 9.17) is 10.5 Å². The highest BCUT2D eigenvalue weighted by molar-refractivity contribution is 9.10. The number of aromatic nitrogens is 4. The van der Waals surface area contributed by atoms with Gasteiger partial charge in [-0.05, 0) is 51.5 Å². The van der Waals surface area contributed by atoms with Gasteiger partial charge in [0.1, 0.15) is 12.4 Å². The van der Waals surface area contributed by atoms with Crippen molar-refractivity contribution < 1.29 is 18.3 Å². The minimum Gasteiger partial charge on any atom is -0.472 e. The van der Waals surface area contributed by atoms with Gasteiger partial charge in [-0.15, -0.1) is 0 Å². The van der Waals surface area contributed by atoms with Crippen molar-refractivity contribution in [3.63, 3.8) is 0 Å². The fourth-order valence-electron chi connectivity index (χ4n) is 1.82. The summed E-state index contributed by atoms with van der Waals surface area (Å²) < 4.78 is 29.2. The fraction of sp³-hybridized carbons (Fsp3) is 0.231. The van der Waals surface area contributed by atoms with Gasteiger partial charge in [0.15, 0.2) is 0 Å². The Balaban J connectivity index is 0.00000109. The Hall–Kier alpha value is -2.57. The first-order chi connectivity index (χ1) is 12.1. The first kappa shape index (κ1) is 18.8. The highest BCUT2D eigenvalue weighted by atomic mass is 79.9. The molecule has 0 saturated heterocycles. The summed E-state index contributed by atoms with van der Waals surface area (Å²) in [4.78, 5) is 11.9. The number of nitrogens with two attached hydrogens (primary N) is 2. The maximum atomic E-state index is 13.4. The molecule has 0 aliphatic heterocycles. The van der Waals surface area contributed by atoms with Gasteiger partial charge >= 0.3 is 5.76 Å². The fourth-order valence-corrected chi connectivity index (χ4v) is 2.19. The SMILES string of the molecule is CN.NCCOc1nonc1-c1noc(=O)n1-c1ccc(F)c(Br)c1. The maximum absolute atomic E-state index is 13.4. The van der Waals surface area contributed by atoms with Crippen molar-refractivity contribution >= 4 is 15.9 Å². The molecule has 12 heteroatoms. The normalized spacial score (nSPS) is 10.3. The van der Waals surface area contributed by atoms with Crippen LogP contribution in [0, 0.1) is 5.82 Å². The third kappa shape index (κ3) is 3.92. The van der Waals surface area contributed by atoms with Gasteiger partial charge < -0.3 is 16.2 Å². The number of nitrogens with zero attached hydrogens (tertiary/aromatic N) is 4. The van der Waals surface area contributed by atoms with Gasteiger partial charge in [-0.3, -0.25) is 4.52 Å². The van der Waals surface area contributed by atoms with Crippen molar-refractivity contribution in [2.24, 2.45) is 11.5 Å². The molecule has 2 heterocycles. The maximum Gasteiger partial charge on any atom is 0.446 e. The van der Waals surface area contributed by atoms with E-state index in [0.717, 1.165) is 4.57 Å². The van der Waals surface area contributed by atoms with E-state index in [9.17, 15) is 9.18 Å². The van der Waals surface area contributed by atoms with Crippen LogP contribution in [0.1, 0.15) is 0 Å². The van der Waals surface area contributed by atoms with Crippen molar-refractivity contribution in [1.82, 2.24) is 20.0 Å². The number of hydrogen-bond acceptors (Lipinski definition) is 9. The molecular formula is C13H14BrFN6O4. The third-order valence-electron chi connectivity index (χ3n) is 2.79. The Bertz CT molecular complexity index is 893. The lowest BCUT2D eigenvalue weighted by Gasteiger charge is -2.05. The summed E-state index contributed by atoms with van der Waals surface area (Å²) >= 11 is 3.05. The predicted octanol–water partition coefficient (Wildman–Crippen LogP) is 0.690. The molecule has 0 saturated carbocycles. The van der Waals surface area contributed by atoms with E-state index in [1.165, 1.54) is 25.2 Å². The van der Waals surface area contributed by atoms with Crippen LogP contribution >= 0.6 is 15.9 Å². The van der Waals surface area contributed by atoms with Gasteiger partial charge in [0.25, 0.3) is 5.88 Å². The van der Waals surface area contributed by atoms with Crippen LogP contribution in [-0.2, 0) is 0 Å². The molecule has 1 aromatic carbocycles. The number of halogens is 2. The minimum absolute atomic E-state index is 0.00165. The standard InChI is InChI=1S/C12H9BrFN5O4.CH5N/c13-7-5-6(1-2-8(7)14)19-10(17-22-12(19)20)9-11(18-23-16-9)21-4-3-15;1-2/h1-2,5H,3-4,15H2;2H2,1H3. The van der Waals surface area contributed by atoms with E-state index in [1.54, 1.807) is 0 Å². The molecule has 134 valence electrons. The summed E-state index contributed by atoms with van der Waals surface area (Å²) in [6.07, 6.45) is 0. The van der Waals surface area contributed by atoms with Gasteiger partial charge in [0, 0.05) is 6.54 Å². The molecule has 0 radical (unpaired) electrons. The van der Waals surface area contributed by atoms with Crippen LogP contribution in [0.2, 0.25) is 0 Å². The zero-order chi connectivity index (χ0) is 18.4. The van der Waals surface area contributed by atoms with Crippen molar-refractivity contribution in [2.75, 3.05) is 20.2 Å². The Morgan fingerprint density at radius 1 is 1.32 bits per heavy atom. The molecular weight excluding hydrogens is 403 g/mol. The van der Waals surface area contributed by atoms with Crippen molar-refractivity contribution in [3.05, 3.63) is 39.0 Å². The lowest BCUT2D eigenvalue weighted by atomic mass is 10.3. The summed E-state index contributed by atoms with van der Waals surface area (Å²) in [5.74, 6) is -1.25. The quantitative estimate of drug-likeness (QED) is 0.612. The molecule has 3 aromatic rings. The molecule has 0 aliphatic rings. The summed E-state index contributed by atoms with van der Waals surface area (Å²) in [7, 11) is 1.50. The Morgan fingerprint density at radius 3 is 2.76 bits per heavy atom. The highest BCUT2D eigenvalue weighted by Gasteiger charge is 2.24. The third-order valence-corrected chi connectivity index (χ3v) is 3.40. The largest absolute Gasteiger partial charge is 0.472 e. The topological polar surface area (TPSA) is 148 Å². The zero-order valence-corrected chi connectivity index (χ0v) is 14.6. The smallest absolute Gasteiger partial charge is 0.446 e. The van der Waals surface area contributed by atoms with Gasteiger partial charge in [-0.25, -0.2) is 18.4 Å². The molecule has 0 atom stereocenters. The molecule has 10 nitrogen and oxygen atoms in total. The van der Waals surface area contributed by atoms with Gasteiger partial charge in [-0.1, -0.05) is 5.16 Å². The van der Waals surface area contributed by atoms with E-state index in [1.807, 2.05) is 0 Å². The molecule has 0 fully saturated rings. The molecule has 25 heavy (non-hydrogen) atoms. The van der Waals surface area contributed by atoms with E-state index in [0.29, 0.717) is 5.69 Å². The number of hydrogen-bond donors (Lipinski definition) is 2. The summed E-state index contributed by atoms with van der Waals surface area (Å²) in [6, 6.07) is 3.97. The lowest BCUT2D eigenvalue weighted by Crippen LogP contribution is -2.14. The van der Waals surface area contributed by atoms with Crippen LogP contribution in [-0.4, -0.2) is 40.2 Å². The average molecular weight is 417 g/mol. The van der Waals surface area contributed by atoms with Crippen LogP contribution < -0.4 is 22.0 Å².